The molecule has 2 bridgehead atoms. The van der Waals surface area contributed by atoms with Gasteiger partial charge in [-0.3, -0.25) is 4.99 Å². The number of hydrogen-bond donors (Lipinski definition) is 2. The summed E-state index contributed by atoms with van der Waals surface area (Å²) in [6.07, 6.45) is 2.80. The van der Waals surface area contributed by atoms with Gasteiger partial charge in [0.15, 0.2) is 0 Å². The van der Waals surface area contributed by atoms with Gasteiger partial charge in [-0.1, -0.05) is 19.9 Å². The molecule has 0 saturated heterocycles. The van der Waals surface area contributed by atoms with Gasteiger partial charge in [-0.2, -0.15) is 0 Å². The normalized spacial score (nSPS) is 43.1. The fraction of sp³-hybridized carbons (Fsp3) is 0.800. The molecular weight excluding hydrogens is 226 g/mol. The summed E-state index contributed by atoms with van der Waals surface area (Å²) in [4.78, 5) is 4.55. The van der Waals surface area contributed by atoms with Crippen molar-refractivity contribution >= 4 is 5.71 Å². The van der Waals surface area contributed by atoms with E-state index >= 15 is 0 Å². The quantitative estimate of drug-likeness (QED) is 0.755. The molecule has 3 nitrogen and oxygen atoms in total. The number of rotatable bonds is 3. The molecule has 5 atom stereocenters. The molecular formula is C15H25NO2. The molecule has 18 heavy (non-hydrogen) atoms. The van der Waals surface area contributed by atoms with Crippen LogP contribution in [0.1, 0.15) is 40.5 Å². The van der Waals surface area contributed by atoms with E-state index in [0.29, 0.717) is 5.92 Å². The van der Waals surface area contributed by atoms with E-state index in [2.05, 4.69) is 25.4 Å². The highest BCUT2D eigenvalue weighted by molar-refractivity contribution is 5.94. The average molecular weight is 251 g/mol. The molecule has 0 aromatic heterocycles. The van der Waals surface area contributed by atoms with Crippen molar-refractivity contribution in [2.45, 2.75) is 58.3 Å². The summed E-state index contributed by atoms with van der Waals surface area (Å²) < 4.78 is 0. The first-order chi connectivity index (χ1) is 8.21. The summed E-state index contributed by atoms with van der Waals surface area (Å²) in [7, 11) is 0. The van der Waals surface area contributed by atoms with Crippen LogP contribution in [0.2, 0.25) is 0 Å². The van der Waals surface area contributed by atoms with E-state index in [0.717, 1.165) is 18.6 Å². The molecule has 3 aliphatic rings. The van der Waals surface area contributed by atoms with Gasteiger partial charge in [0, 0.05) is 5.71 Å². The SMILES string of the molecule is C=C[C@@H](O)[C@H](C)N=C1CC2CC(C2(C)C)[C@@]1(C)O. The number of aliphatic hydroxyl groups is 2. The van der Waals surface area contributed by atoms with E-state index in [1.54, 1.807) is 0 Å². The van der Waals surface area contributed by atoms with E-state index < -0.39 is 11.7 Å². The monoisotopic (exact) mass is 251 g/mol. The third kappa shape index (κ3) is 1.84. The van der Waals surface area contributed by atoms with Gasteiger partial charge < -0.3 is 10.2 Å². The van der Waals surface area contributed by atoms with E-state index in [4.69, 9.17) is 0 Å². The van der Waals surface area contributed by atoms with Crippen LogP contribution in [0.4, 0.5) is 0 Å². The highest BCUT2D eigenvalue weighted by Crippen LogP contribution is 2.61. The van der Waals surface area contributed by atoms with Gasteiger partial charge in [-0.05, 0) is 43.9 Å². The Labute approximate surface area is 110 Å². The summed E-state index contributed by atoms with van der Waals surface area (Å²) in [6, 6.07) is -0.232. The molecule has 3 heteroatoms. The smallest absolute Gasteiger partial charge is 0.103 e. The zero-order valence-corrected chi connectivity index (χ0v) is 11.8. The summed E-state index contributed by atoms with van der Waals surface area (Å²) in [5.41, 5.74) is 0.243. The van der Waals surface area contributed by atoms with Crippen LogP contribution in [-0.4, -0.2) is 33.7 Å². The molecule has 3 saturated carbocycles. The minimum absolute atomic E-state index is 0.211. The molecule has 3 rings (SSSR count). The first-order valence-electron chi connectivity index (χ1n) is 6.81. The van der Waals surface area contributed by atoms with Gasteiger partial charge in [0.1, 0.15) is 5.60 Å². The fourth-order valence-electron chi connectivity index (χ4n) is 3.66. The van der Waals surface area contributed by atoms with Crippen molar-refractivity contribution in [3.8, 4) is 0 Å². The van der Waals surface area contributed by atoms with Crippen LogP contribution in [0.3, 0.4) is 0 Å². The second kappa shape index (κ2) is 4.17. The minimum atomic E-state index is -0.826. The lowest BCUT2D eigenvalue weighted by Gasteiger charge is -2.62. The maximum Gasteiger partial charge on any atom is 0.103 e. The fourth-order valence-corrected chi connectivity index (χ4v) is 3.66. The lowest BCUT2D eigenvalue weighted by molar-refractivity contribution is -0.134. The summed E-state index contributed by atoms with van der Waals surface area (Å²) >= 11 is 0. The first kappa shape index (κ1) is 13.8. The number of aliphatic imine (C=N–C) groups is 1. The largest absolute Gasteiger partial charge is 0.387 e. The summed E-state index contributed by atoms with van der Waals surface area (Å²) in [5.74, 6) is 0.908. The van der Waals surface area contributed by atoms with Crippen molar-refractivity contribution in [2.24, 2.45) is 22.2 Å². The molecule has 0 heterocycles. The van der Waals surface area contributed by atoms with E-state index in [1.165, 1.54) is 6.08 Å². The van der Waals surface area contributed by atoms with Gasteiger partial charge in [0.05, 0.1) is 12.1 Å². The number of hydrogen-bond acceptors (Lipinski definition) is 3. The molecule has 0 aliphatic heterocycles. The Morgan fingerprint density at radius 2 is 2.06 bits per heavy atom. The first-order valence-corrected chi connectivity index (χ1v) is 6.81. The Morgan fingerprint density at radius 1 is 1.44 bits per heavy atom. The third-order valence-electron chi connectivity index (χ3n) is 5.27. The second-order valence-electron chi connectivity index (χ2n) is 6.70. The van der Waals surface area contributed by atoms with Crippen LogP contribution in [-0.2, 0) is 0 Å². The maximum atomic E-state index is 10.7. The zero-order valence-electron chi connectivity index (χ0n) is 11.8. The van der Waals surface area contributed by atoms with Gasteiger partial charge in [0.2, 0.25) is 0 Å². The van der Waals surface area contributed by atoms with Crippen LogP contribution in [0.5, 0.6) is 0 Å². The van der Waals surface area contributed by atoms with Crippen molar-refractivity contribution in [1.82, 2.24) is 0 Å². The lowest BCUT2D eigenvalue weighted by Crippen LogP contribution is -2.65. The Morgan fingerprint density at radius 3 is 2.50 bits per heavy atom. The standard InChI is InChI=1S/C15H25NO2/c1-6-11(17)9(2)16-13-8-10-7-12(14(10,3)4)15(13,5)18/h6,9-12,17-18H,1,7-8H2,2-5H3/t9-,10?,11+,12?,15+/m0/s1. The average Bonchev–Trinajstić information content (AvgIpc) is 2.29. The highest BCUT2D eigenvalue weighted by atomic mass is 16.3. The van der Waals surface area contributed by atoms with Crippen LogP contribution in [0.25, 0.3) is 0 Å². The van der Waals surface area contributed by atoms with Crippen molar-refractivity contribution < 1.29 is 10.2 Å². The summed E-state index contributed by atoms with van der Waals surface area (Å²) in [6.45, 7) is 11.8. The van der Waals surface area contributed by atoms with Gasteiger partial charge in [-0.15, -0.1) is 6.58 Å². The molecule has 102 valence electrons. The van der Waals surface area contributed by atoms with Crippen LogP contribution in [0, 0.1) is 17.3 Å². The molecule has 3 fully saturated rings. The number of nitrogens with zero attached hydrogens (tertiary/aromatic N) is 1. The Bertz CT molecular complexity index is 384. The van der Waals surface area contributed by atoms with Crippen molar-refractivity contribution in [2.75, 3.05) is 0 Å². The minimum Gasteiger partial charge on any atom is -0.387 e. The van der Waals surface area contributed by atoms with Crippen molar-refractivity contribution in [3.63, 3.8) is 0 Å². The van der Waals surface area contributed by atoms with Gasteiger partial charge >= 0.3 is 0 Å². The lowest BCUT2D eigenvalue weighted by atomic mass is 9.44. The molecule has 0 spiro atoms. The molecule has 2 unspecified atom stereocenters. The molecule has 0 aromatic rings. The molecule has 3 aliphatic carbocycles. The van der Waals surface area contributed by atoms with Crippen LogP contribution in [0.15, 0.2) is 17.6 Å². The number of fused-ring (bicyclic) bond motifs is 2. The molecule has 0 amide bonds. The molecule has 0 aromatic carbocycles. The zero-order chi connectivity index (χ0) is 13.7. The second-order valence-corrected chi connectivity index (χ2v) is 6.70. The van der Waals surface area contributed by atoms with Crippen molar-refractivity contribution in [1.29, 1.82) is 0 Å². The van der Waals surface area contributed by atoms with E-state index in [1.807, 2.05) is 13.8 Å². The predicted octanol–water partition coefficient (Wildman–Crippen LogP) is 2.18. The van der Waals surface area contributed by atoms with E-state index in [9.17, 15) is 10.2 Å². The third-order valence-corrected chi connectivity index (χ3v) is 5.27. The van der Waals surface area contributed by atoms with Gasteiger partial charge in [-0.25, -0.2) is 0 Å². The Balaban J connectivity index is 2.22. The maximum absolute atomic E-state index is 10.7. The van der Waals surface area contributed by atoms with E-state index in [-0.39, 0.29) is 17.4 Å². The molecule has 0 radical (unpaired) electrons. The number of aliphatic hydroxyl groups excluding tert-OH is 1. The van der Waals surface area contributed by atoms with Crippen molar-refractivity contribution in [3.05, 3.63) is 12.7 Å². The topological polar surface area (TPSA) is 52.8 Å². The Kier molecular flexibility index (Phi) is 3.19. The van der Waals surface area contributed by atoms with Crippen LogP contribution >= 0.6 is 0 Å². The molecule has 2 N–H and O–H groups in total. The predicted molar refractivity (Wildman–Crippen MR) is 73.7 cm³/mol. The Hall–Kier alpha value is -0.670. The van der Waals surface area contributed by atoms with Gasteiger partial charge in [0.25, 0.3) is 0 Å². The summed E-state index contributed by atoms with van der Waals surface area (Å²) in [5, 5.41) is 20.4. The highest BCUT2D eigenvalue weighted by Gasteiger charge is 2.61. The van der Waals surface area contributed by atoms with Crippen LogP contribution < -0.4 is 0 Å².